The standard InChI is InChI=1S/C4H8O3.C2H3N.H3N/c1-4(2,7)3(5)6;1-2-3;/h7H,1-2H3,(H,5,6);1H3;1H3. The number of hydrogen-bond donors (Lipinski definition) is 3. The fraction of sp³-hybridized carbons (Fsp3) is 0.667. The number of hydrogen-bond acceptors (Lipinski definition) is 4. The lowest BCUT2D eigenvalue weighted by atomic mass is 10.1. The molecule has 0 rings (SSSR count). The summed E-state index contributed by atoms with van der Waals surface area (Å²) >= 11 is 0. The van der Waals surface area contributed by atoms with E-state index in [9.17, 15) is 4.79 Å². The van der Waals surface area contributed by atoms with Crippen molar-refractivity contribution in [3.05, 3.63) is 0 Å². The molecule has 0 heterocycles. The van der Waals surface area contributed by atoms with Gasteiger partial charge in [-0.3, -0.25) is 0 Å². The summed E-state index contributed by atoms with van der Waals surface area (Å²) in [5.41, 5.74) is -1.58. The summed E-state index contributed by atoms with van der Waals surface area (Å²) in [5, 5.41) is 23.8. The van der Waals surface area contributed by atoms with Gasteiger partial charge in [0.15, 0.2) is 5.60 Å². The van der Waals surface area contributed by atoms with E-state index in [1.165, 1.54) is 20.8 Å². The van der Waals surface area contributed by atoms with Crippen LogP contribution in [0.4, 0.5) is 0 Å². The molecule has 0 aliphatic rings. The van der Waals surface area contributed by atoms with E-state index >= 15 is 0 Å². The Morgan fingerprint density at radius 1 is 1.55 bits per heavy atom. The number of rotatable bonds is 1. The predicted molar refractivity (Wildman–Crippen MR) is 40.2 cm³/mol. The summed E-state index contributed by atoms with van der Waals surface area (Å²) in [6.45, 7) is 3.87. The molecule has 11 heavy (non-hydrogen) atoms. The van der Waals surface area contributed by atoms with Gasteiger partial charge in [-0.1, -0.05) is 0 Å². The van der Waals surface area contributed by atoms with Gasteiger partial charge in [-0.25, -0.2) is 4.79 Å². The summed E-state index contributed by atoms with van der Waals surface area (Å²) in [6, 6.07) is 1.75. The van der Waals surface area contributed by atoms with Crippen molar-refractivity contribution in [2.45, 2.75) is 26.4 Å². The van der Waals surface area contributed by atoms with Crippen LogP contribution in [0.15, 0.2) is 0 Å². The van der Waals surface area contributed by atoms with Crippen LogP contribution in [0.25, 0.3) is 0 Å². The predicted octanol–water partition coefficient (Wildman–Crippen LogP) is 0.534. The molecule has 0 aliphatic heterocycles. The van der Waals surface area contributed by atoms with Crippen molar-refractivity contribution in [1.82, 2.24) is 6.15 Å². The topological polar surface area (TPSA) is 116 Å². The fourth-order valence-electron chi connectivity index (χ4n) is 0. The van der Waals surface area contributed by atoms with Crippen LogP contribution in [-0.2, 0) is 4.79 Å². The van der Waals surface area contributed by atoms with Crippen molar-refractivity contribution in [2.75, 3.05) is 0 Å². The first kappa shape index (κ1) is 16.5. The molecule has 0 saturated heterocycles. The Bertz CT molecular complexity index is 143. The minimum absolute atomic E-state index is 0. The Morgan fingerprint density at radius 3 is 1.64 bits per heavy atom. The van der Waals surface area contributed by atoms with Crippen LogP contribution < -0.4 is 6.15 Å². The van der Waals surface area contributed by atoms with E-state index in [4.69, 9.17) is 15.5 Å². The zero-order valence-corrected chi connectivity index (χ0v) is 6.96. The number of aliphatic hydroxyl groups is 1. The second kappa shape index (κ2) is 6.99. The van der Waals surface area contributed by atoms with Gasteiger partial charge in [-0.05, 0) is 13.8 Å². The zero-order valence-electron chi connectivity index (χ0n) is 6.96. The SMILES string of the molecule is CC#N.CC(C)(O)C(=O)O.N. The second-order valence-corrected chi connectivity index (χ2v) is 2.09. The van der Waals surface area contributed by atoms with Crippen LogP contribution in [-0.4, -0.2) is 21.8 Å². The highest BCUT2D eigenvalue weighted by Crippen LogP contribution is 1.97. The van der Waals surface area contributed by atoms with Crippen LogP contribution in [0.5, 0.6) is 0 Å². The quantitative estimate of drug-likeness (QED) is 0.520. The smallest absolute Gasteiger partial charge is 0.335 e. The summed E-state index contributed by atoms with van der Waals surface area (Å²) in [4.78, 5) is 9.77. The Balaban J connectivity index is -0.000000140. The lowest BCUT2D eigenvalue weighted by Gasteiger charge is -2.07. The third-order valence-corrected chi connectivity index (χ3v) is 0.523. The molecule has 0 unspecified atom stereocenters. The van der Waals surface area contributed by atoms with Gasteiger partial charge in [-0.2, -0.15) is 5.26 Å². The highest BCUT2D eigenvalue weighted by atomic mass is 16.4. The van der Waals surface area contributed by atoms with Crippen molar-refractivity contribution >= 4 is 5.97 Å². The maximum absolute atomic E-state index is 9.77. The Kier molecular flexibility index (Phi) is 10.5. The van der Waals surface area contributed by atoms with E-state index < -0.39 is 11.6 Å². The Hall–Kier alpha value is -1.12. The highest BCUT2D eigenvalue weighted by molar-refractivity contribution is 5.75. The minimum Gasteiger partial charge on any atom is -0.479 e. The van der Waals surface area contributed by atoms with E-state index in [1.807, 2.05) is 0 Å². The average molecular weight is 162 g/mol. The number of nitriles is 1. The summed E-state index contributed by atoms with van der Waals surface area (Å²) < 4.78 is 0. The molecular weight excluding hydrogens is 148 g/mol. The molecular formula is C6H14N2O3. The van der Waals surface area contributed by atoms with Gasteiger partial charge in [0.05, 0.1) is 6.07 Å². The van der Waals surface area contributed by atoms with Crippen molar-refractivity contribution < 1.29 is 15.0 Å². The third kappa shape index (κ3) is 17.7. The number of carboxylic acids is 1. The molecule has 0 aromatic heterocycles. The van der Waals surface area contributed by atoms with Gasteiger partial charge in [0.1, 0.15) is 0 Å². The Labute approximate surface area is 65.8 Å². The van der Waals surface area contributed by atoms with Gasteiger partial charge in [-0.15, -0.1) is 0 Å². The number of aliphatic carboxylic acids is 1. The minimum atomic E-state index is -1.58. The molecule has 0 spiro atoms. The normalized spacial score (nSPS) is 7.91. The summed E-state index contributed by atoms with van der Waals surface area (Å²) in [5.74, 6) is -1.20. The van der Waals surface area contributed by atoms with Crippen molar-refractivity contribution in [1.29, 1.82) is 5.26 Å². The molecule has 0 atom stereocenters. The lowest BCUT2D eigenvalue weighted by Crippen LogP contribution is -2.30. The molecule has 0 fully saturated rings. The van der Waals surface area contributed by atoms with Gasteiger partial charge in [0.25, 0.3) is 0 Å². The largest absolute Gasteiger partial charge is 0.479 e. The average Bonchev–Trinajstić information content (AvgIpc) is 1.64. The van der Waals surface area contributed by atoms with Crippen LogP contribution in [0, 0.1) is 11.3 Å². The molecule has 0 aromatic rings. The molecule has 0 saturated carbocycles. The second-order valence-electron chi connectivity index (χ2n) is 2.09. The molecule has 66 valence electrons. The van der Waals surface area contributed by atoms with Crippen molar-refractivity contribution in [2.24, 2.45) is 0 Å². The molecule has 0 aliphatic carbocycles. The third-order valence-electron chi connectivity index (χ3n) is 0.523. The Morgan fingerprint density at radius 2 is 1.64 bits per heavy atom. The zero-order chi connectivity index (χ0) is 8.78. The highest BCUT2D eigenvalue weighted by Gasteiger charge is 2.21. The lowest BCUT2D eigenvalue weighted by molar-refractivity contribution is -0.154. The maximum Gasteiger partial charge on any atom is 0.335 e. The maximum atomic E-state index is 9.77. The van der Waals surface area contributed by atoms with Crippen LogP contribution in [0.3, 0.4) is 0 Å². The van der Waals surface area contributed by atoms with Crippen LogP contribution >= 0.6 is 0 Å². The number of carbonyl (C=O) groups is 1. The molecule has 0 amide bonds. The van der Waals surface area contributed by atoms with Gasteiger partial charge < -0.3 is 16.4 Å². The van der Waals surface area contributed by atoms with Gasteiger partial charge in [0.2, 0.25) is 0 Å². The molecule has 5 heteroatoms. The van der Waals surface area contributed by atoms with Gasteiger partial charge >= 0.3 is 5.97 Å². The fourth-order valence-corrected chi connectivity index (χ4v) is 0. The monoisotopic (exact) mass is 162 g/mol. The first-order valence-electron chi connectivity index (χ1n) is 2.62. The molecule has 5 N–H and O–H groups in total. The van der Waals surface area contributed by atoms with Crippen molar-refractivity contribution in [3.8, 4) is 6.07 Å². The summed E-state index contributed by atoms with van der Waals surface area (Å²) in [6.07, 6.45) is 0. The van der Waals surface area contributed by atoms with Crippen LogP contribution in [0.2, 0.25) is 0 Å². The van der Waals surface area contributed by atoms with E-state index in [-0.39, 0.29) is 6.15 Å². The van der Waals surface area contributed by atoms with Crippen molar-refractivity contribution in [3.63, 3.8) is 0 Å². The molecule has 0 aromatic carbocycles. The molecule has 5 nitrogen and oxygen atoms in total. The molecule has 0 bridgehead atoms. The van der Waals surface area contributed by atoms with E-state index in [0.717, 1.165) is 0 Å². The van der Waals surface area contributed by atoms with E-state index in [0.29, 0.717) is 0 Å². The van der Waals surface area contributed by atoms with Gasteiger partial charge in [0, 0.05) is 6.92 Å². The van der Waals surface area contributed by atoms with Crippen LogP contribution in [0.1, 0.15) is 20.8 Å². The first-order chi connectivity index (χ1) is 4.36. The number of carboxylic acid groups (broad SMARTS) is 1. The van der Waals surface area contributed by atoms with E-state index in [2.05, 4.69) is 0 Å². The molecule has 0 radical (unpaired) electrons. The summed E-state index contributed by atoms with van der Waals surface area (Å²) in [7, 11) is 0. The van der Waals surface area contributed by atoms with E-state index in [1.54, 1.807) is 6.07 Å². The first-order valence-corrected chi connectivity index (χ1v) is 2.62. The number of nitrogens with zero attached hydrogens (tertiary/aromatic N) is 1.